The van der Waals surface area contributed by atoms with Crippen LogP contribution in [0.1, 0.15) is 12.5 Å². The van der Waals surface area contributed by atoms with Gasteiger partial charge in [-0.15, -0.1) is 0 Å². The number of carbonyl (C=O) groups excluding carboxylic acids is 1. The van der Waals surface area contributed by atoms with Crippen LogP contribution in [0.2, 0.25) is 0 Å². The number of hydrogen-bond acceptors (Lipinski definition) is 7. The van der Waals surface area contributed by atoms with Crippen molar-refractivity contribution in [2.75, 3.05) is 32.2 Å². The van der Waals surface area contributed by atoms with Crippen LogP contribution in [0, 0.1) is 11.3 Å². The van der Waals surface area contributed by atoms with Gasteiger partial charge in [0.15, 0.2) is 0 Å². The molecule has 1 amide bonds. The molecular formula is C23H27N3O5. The molecule has 8 heteroatoms. The van der Waals surface area contributed by atoms with Gasteiger partial charge in [-0.05, 0) is 47.0 Å². The second kappa shape index (κ2) is 9.45. The molecule has 0 unspecified atom stereocenters. The van der Waals surface area contributed by atoms with E-state index in [1.54, 1.807) is 6.92 Å². The predicted octanol–water partition coefficient (Wildman–Crippen LogP) is 0.801. The standard InChI is InChI=1S/C23H27N3O5/c1-13(14-4-5-16-9-17(26(2)3)7-6-15(16)8-14)18(10-24)23(30)25-19-12-31-20(11-27)22(29)21(19)28/h4-9,19-22,27-29H,11-12H2,1-3H3,(H,25,30)/b18-13+/t19-,20+,21+,22+/m0/s1. The van der Waals surface area contributed by atoms with Crippen molar-refractivity contribution in [3.63, 3.8) is 0 Å². The maximum Gasteiger partial charge on any atom is 0.262 e. The number of benzene rings is 2. The third-order valence-corrected chi connectivity index (χ3v) is 5.62. The minimum Gasteiger partial charge on any atom is -0.394 e. The number of nitriles is 1. The van der Waals surface area contributed by atoms with Gasteiger partial charge < -0.3 is 30.3 Å². The number of anilines is 1. The van der Waals surface area contributed by atoms with E-state index >= 15 is 0 Å². The third kappa shape index (κ3) is 4.70. The van der Waals surface area contributed by atoms with Crippen molar-refractivity contribution >= 4 is 27.9 Å². The van der Waals surface area contributed by atoms with Gasteiger partial charge in [-0.2, -0.15) is 5.26 Å². The summed E-state index contributed by atoms with van der Waals surface area (Å²) in [6.07, 6.45) is -3.57. The lowest BCUT2D eigenvalue weighted by atomic mass is 9.96. The molecule has 164 valence electrons. The molecule has 1 fully saturated rings. The number of nitrogens with zero attached hydrogens (tertiary/aromatic N) is 2. The van der Waals surface area contributed by atoms with Gasteiger partial charge >= 0.3 is 0 Å². The van der Waals surface area contributed by atoms with Gasteiger partial charge in [0.05, 0.1) is 19.3 Å². The quantitative estimate of drug-likeness (QED) is 0.412. The van der Waals surface area contributed by atoms with E-state index in [0.717, 1.165) is 22.0 Å². The monoisotopic (exact) mass is 425 g/mol. The third-order valence-electron chi connectivity index (χ3n) is 5.62. The molecule has 0 bridgehead atoms. The van der Waals surface area contributed by atoms with Crippen LogP contribution in [-0.2, 0) is 9.53 Å². The summed E-state index contributed by atoms with van der Waals surface area (Å²) in [6.45, 7) is 1.16. The highest BCUT2D eigenvalue weighted by molar-refractivity contribution is 6.05. The first-order valence-corrected chi connectivity index (χ1v) is 9.98. The molecule has 0 saturated carbocycles. The summed E-state index contributed by atoms with van der Waals surface area (Å²) < 4.78 is 5.28. The molecule has 0 aliphatic carbocycles. The molecule has 1 aliphatic rings. The molecule has 4 atom stereocenters. The van der Waals surface area contributed by atoms with Crippen LogP contribution in [0.3, 0.4) is 0 Å². The molecule has 3 rings (SSSR count). The van der Waals surface area contributed by atoms with E-state index in [1.807, 2.05) is 55.4 Å². The zero-order valence-corrected chi connectivity index (χ0v) is 17.7. The summed E-state index contributed by atoms with van der Waals surface area (Å²) >= 11 is 0. The first-order chi connectivity index (χ1) is 14.8. The number of amides is 1. The molecule has 2 aromatic carbocycles. The van der Waals surface area contributed by atoms with Crippen LogP contribution in [0.15, 0.2) is 42.0 Å². The average molecular weight is 425 g/mol. The van der Waals surface area contributed by atoms with E-state index in [0.29, 0.717) is 5.57 Å². The Morgan fingerprint density at radius 2 is 1.87 bits per heavy atom. The van der Waals surface area contributed by atoms with Crippen LogP contribution in [-0.4, -0.2) is 72.9 Å². The fourth-order valence-corrected chi connectivity index (χ4v) is 3.60. The molecule has 8 nitrogen and oxygen atoms in total. The molecule has 0 aromatic heterocycles. The van der Waals surface area contributed by atoms with E-state index in [1.165, 1.54) is 0 Å². The number of aliphatic hydroxyl groups excluding tert-OH is 3. The normalized spacial score (nSPS) is 24.3. The van der Waals surface area contributed by atoms with Crippen LogP contribution in [0.25, 0.3) is 16.3 Å². The molecule has 31 heavy (non-hydrogen) atoms. The predicted molar refractivity (Wildman–Crippen MR) is 117 cm³/mol. The van der Waals surface area contributed by atoms with Crippen molar-refractivity contribution in [2.24, 2.45) is 0 Å². The van der Waals surface area contributed by atoms with Gasteiger partial charge in [-0.25, -0.2) is 0 Å². The van der Waals surface area contributed by atoms with Crippen LogP contribution in [0.4, 0.5) is 5.69 Å². The second-order valence-electron chi connectivity index (χ2n) is 7.87. The Hall–Kier alpha value is -2.96. The Morgan fingerprint density at radius 3 is 2.52 bits per heavy atom. The van der Waals surface area contributed by atoms with Crippen molar-refractivity contribution in [1.29, 1.82) is 5.26 Å². The molecule has 4 N–H and O–H groups in total. The number of hydrogen-bond donors (Lipinski definition) is 4. The van der Waals surface area contributed by atoms with Crippen LogP contribution < -0.4 is 10.2 Å². The SMILES string of the molecule is C/C(=C(/C#N)C(=O)N[C@H]1CO[C@H](CO)[C@@H](O)[C@@H]1O)c1ccc2cc(N(C)C)ccc2c1. The summed E-state index contributed by atoms with van der Waals surface area (Å²) in [5.74, 6) is -0.662. The minimum absolute atomic E-state index is 0.0862. The molecule has 0 radical (unpaired) electrons. The largest absolute Gasteiger partial charge is 0.394 e. The number of rotatable bonds is 5. The highest BCUT2D eigenvalue weighted by Crippen LogP contribution is 2.26. The first-order valence-electron chi connectivity index (χ1n) is 9.98. The number of ether oxygens (including phenoxy) is 1. The fourth-order valence-electron chi connectivity index (χ4n) is 3.60. The molecular weight excluding hydrogens is 398 g/mol. The smallest absolute Gasteiger partial charge is 0.262 e. The summed E-state index contributed by atoms with van der Waals surface area (Å²) in [6, 6.07) is 12.8. The maximum atomic E-state index is 12.7. The van der Waals surface area contributed by atoms with E-state index in [-0.39, 0.29) is 12.2 Å². The van der Waals surface area contributed by atoms with Crippen molar-refractivity contribution in [1.82, 2.24) is 5.32 Å². The highest BCUT2D eigenvalue weighted by atomic mass is 16.5. The number of carbonyl (C=O) groups is 1. The van der Waals surface area contributed by atoms with E-state index in [9.17, 15) is 20.3 Å². The minimum atomic E-state index is -1.34. The zero-order chi connectivity index (χ0) is 22.7. The molecule has 1 aliphatic heterocycles. The topological polar surface area (TPSA) is 126 Å². The Balaban J connectivity index is 1.84. The zero-order valence-electron chi connectivity index (χ0n) is 17.7. The van der Waals surface area contributed by atoms with Crippen molar-refractivity contribution in [3.05, 3.63) is 47.5 Å². The molecule has 2 aromatic rings. The summed E-state index contributed by atoms with van der Waals surface area (Å²) in [4.78, 5) is 14.8. The average Bonchev–Trinajstić information content (AvgIpc) is 2.76. The van der Waals surface area contributed by atoms with Crippen molar-refractivity contribution in [2.45, 2.75) is 31.3 Å². The summed E-state index contributed by atoms with van der Waals surface area (Å²) in [7, 11) is 3.94. The Morgan fingerprint density at radius 1 is 1.19 bits per heavy atom. The van der Waals surface area contributed by atoms with Gasteiger partial charge in [0.25, 0.3) is 5.91 Å². The Labute approximate surface area is 181 Å². The number of nitrogens with one attached hydrogen (secondary N) is 1. The Bertz CT molecular complexity index is 1040. The number of fused-ring (bicyclic) bond motifs is 1. The van der Waals surface area contributed by atoms with Crippen LogP contribution >= 0.6 is 0 Å². The maximum absolute atomic E-state index is 12.7. The first kappa shape index (κ1) is 22.7. The molecule has 0 spiro atoms. The van der Waals surface area contributed by atoms with E-state index in [4.69, 9.17) is 9.84 Å². The highest BCUT2D eigenvalue weighted by Gasteiger charge is 2.39. The lowest BCUT2D eigenvalue weighted by Crippen LogP contribution is -2.60. The lowest BCUT2D eigenvalue weighted by molar-refractivity contribution is -0.163. The van der Waals surface area contributed by atoms with Gasteiger partial charge in [0, 0.05) is 19.8 Å². The van der Waals surface area contributed by atoms with Crippen molar-refractivity contribution < 1.29 is 24.9 Å². The molecule has 1 saturated heterocycles. The van der Waals surface area contributed by atoms with Crippen LogP contribution in [0.5, 0.6) is 0 Å². The van der Waals surface area contributed by atoms with Gasteiger partial charge in [0.1, 0.15) is 30.0 Å². The van der Waals surface area contributed by atoms with Gasteiger partial charge in [-0.1, -0.05) is 18.2 Å². The fraction of sp³-hybridized carbons (Fsp3) is 0.391. The van der Waals surface area contributed by atoms with E-state index in [2.05, 4.69) is 11.4 Å². The molecule has 1 heterocycles. The van der Waals surface area contributed by atoms with Crippen molar-refractivity contribution in [3.8, 4) is 6.07 Å². The summed E-state index contributed by atoms with van der Waals surface area (Å²) in [5.41, 5.74) is 2.22. The van der Waals surface area contributed by atoms with Gasteiger partial charge in [0.2, 0.25) is 0 Å². The summed E-state index contributed by atoms with van der Waals surface area (Å²) in [5, 5.41) is 43.6. The number of allylic oxidation sites excluding steroid dienone is 1. The number of aliphatic hydroxyl groups is 3. The van der Waals surface area contributed by atoms with Gasteiger partial charge in [-0.3, -0.25) is 4.79 Å². The van der Waals surface area contributed by atoms with E-state index < -0.39 is 36.9 Å². The second-order valence-corrected chi connectivity index (χ2v) is 7.87. The Kier molecular flexibility index (Phi) is 6.93. The lowest BCUT2D eigenvalue weighted by Gasteiger charge is -2.37.